The first kappa shape index (κ1) is 13.4. The molecule has 0 spiro atoms. The van der Waals surface area contributed by atoms with Gasteiger partial charge in [0.15, 0.2) is 5.84 Å². The molecule has 0 radical (unpaired) electrons. The second kappa shape index (κ2) is 5.75. The fourth-order valence-corrected chi connectivity index (χ4v) is 2.43. The zero-order chi connectivity index (χ0) is 13.8. The first-order chi connectivity index (χ1) is 9.10. The number of aryl methyl sites for hydroxylation is 2. The molecule has 0 aliphatic rings. The number of thioether (sulfide) groups is 1. The van der Waals surface area contributed by atoms with Crippen LogP contribution < -0.4 is 5.73 Å². The number of nitrogens with zero attached hydrogens (tertiary/aromatic N) is 3. The fourth-order valence-electron chi connectivity index (χ4n) is 1.55. The van der Waals surface area contributed by atoms with E-state index in [0.717, 1.165) is 16.9 Å². The number of rotatable bonds is 4. The standard InChI is InChI=1S/C12H14N4O2S/c1-7-5-9(11(13)16-17)3-4-10(7)6-19-12-15-14-8(2)18-12/h3-5,17H,6H2,1-2H3,(H2,13,16). The fraction of sp³-hybridized carbons (Fsp3) is 0.250. The van der Waals surface area contributed by atoms with Crippen LogP contribution in [0.5, 0.6) is 0 Å². The normalized spacial score (nSPS) is 11.8. The largest absolute Gasteiger partial charge is 0.416 e. The molecule has 1 aromatic heterocycles. The van der Waals surface area contributed by atoms with Crippen molar-refractivity contribution in [2.75, 3.05) is 0 Å². The predicted octanol–water partition coefficient (Wildman–Crippen LogP) is 2.07. The van der Waals surface area contributed by atoms with E-state index < -0.39 is 0 Å². The molecule has 1 heterocycles. The van der Waals surface area contributed by atoms with E-state index in [1.54, 1.807) is 6.92 Å². The summed E-state index contributed by atoms with van der Waals surface area (Å²) in [6.07, 6.45) is 0. The van der Waals surface area contributed by atoms with Gasteiger partial charge in [-0.05, 0) is 24.1 Å². The molecular weight excluding hydrogens is 264 g/mol. The Bertz CT molecular complexity index is 610. The minimum absolute atomic E-state index is 0.106. The molecule has 3 N–H and O–H groups in total. The van der Waals surface area contributed by atoms with E-state index in [-0.39, 0.29) is 5.84 Å². The van der Waals surface area contributed by atoms with Gasteiger partial charge in [-0.1, -0.05) is 29.1 Å². The molecule has 0 fully saturated rings. The molecule has 0 saturated carbocycles. The van der Waals surface area contributed by atoms with Crippen molar-refractivity contribution in [1.82, 2.24) is 10.2 Å². The smallest absolute Gasteiger partial charge is 0.276 e. The van der Waals surface area contributed by atoms with Crippen molar-refractivity contribution < 1.29 is 9.62 Å². The summed E-state index contributed by atoms with van der Waals surface area (Å²) >= 11 is 1.48. The maximum Gasteiger partial charge on any atom is 0.276 e. The maximum absolute atomic E-state index is 8.63. The van der Waals surface area contributed by atoms with Crippen molar-refractivity contribution in [1.29, 1.82) is 0 Å². The van der Waals surface area contributed by atoms with Crippen LogP contribution in [0.1, 0.15) is 22.6 Å². The lowest BCUT2D eigenvalue weighted by Crippen LogP contribution is -2.13. The molecule has 6 nitrogen and oxygen atoms in total. The molecule has 0 aliphatic heterocycles. The zero-order valence-corrected chi connectivity index (χ0v) is 11.4. The van der Waals surface area contributed by atoms with Gasteiger partial charge >= 0.3 is 0 Å². The molecule has 2 aromatic rings. The Morgan fingerprint density at radius 1 is 1.42 bits per heavy atom. The van der Waals surface area contributed by atoms with Crippen LogP contribution in [-0.4, -0.2) is 21.2 Å². The highest BCUT2D eigenvalue weighted by atomic mass is 32.2. The lowest BCUT2D eigenvalue weighted by atomic mass is 10.1. The van der Waals surface area contributed by atoms with E-state index in [1.807, 2.05) is 25.1 Å². The molecule has 0 saturated heterocycles. The Kier molecular flexibility index (Phi) is 4.06. The van der Waals surface area contributed by atoms with Gasteiger partial charge in [0.25, 0.3) is 5.22 Å². The topological polar surface area (TPSA) is 97.5 Å². The number of amidine groups is 1. The SMILES string of the molecule is Cc1nnc(SCc2ccc(/C(N)=N/O)cc2C)o1. The highest BCUT2D eigenvalue weighted by Crippen LogP contribution is 2.23. The van der Waals surface area contributed by atoms with Gasteiger partial charge in [-0.2, -0.15) is 0 Å². The van der Waals surface area contributed by atoms with Crippen LogP contribution in [0.25, 0.3) is 0 Å². The van der Waals surface area contributed by atoms with Crippen molar-refractivity contribution in [2.24, 2.45) is 10.9 Å². The van der Waals surface area contributed by atoms with Crippen LogP contribution in [0.15, 0.2) is 33.0 Å². The average Bonchev–Trinajstić information content (AvgIpc) is 2.82. The van der Waals surface area contributed by atoms with E-state index in [1.165, 1.54) is 11.8 Å². The Hall–Kier alpha value is -2.02. The summed E-state index contributed by atoms with van der Waals surface area (Å²) in [5.74, 6) is 1.39. The molecule has 2 rings (SSSR count). The molecular formula is C12H14N4O2S. The molecule has 7 heteroatoms. The van der Waals surface area contributed by atoms with Crippen molar-refractivity contribution in [2.45, 2.75) is 24.8 Å². The number of benzene rings is 1. The average molecular weight is 278 g/mol. The van der Waals surface area contributed by atoms with Crippen LogP contribution in [0, 0.1) is 13.8 Å². The van der Waals surface area contributed by atoms with Gasteiger partial charge in [-0.3, -0.25) is 0 Å². The van der Waals surface area contributed by atoms with Gasteiger partial charge in [0.05, 0.1) is 0 Å². The summed E-state index contributed by atoms with van der Waals surface area (Å²) in [6, 6.07) is 5.64. The summed E-state index contributed by atoms with van der Waals surface area (Å²) in [5.41, 5.74) is 8.44. The quantitative estimate of drug-likeness (QED) is 0.292. The molecule has 1 aromatic carbocycles. The zero-order valence-electron chi connectivity index (χ0n) is 10.6. The van der Waals surface area contributed by atoms with Crippen molar-refractivity contribution in [3.05, 3.63) is 40.8 Å². The van der Waals surface area contributed by atoms with Gasteiger partial charge in [0.1, 0.15) is 0 Å². The van der Waals surface area contributed by atoms with E-state index in [2.05, 4.69) is 15.4 Å². The summed E-state index contributed by atoms with van der Waals surface area (Å²) in [4.78, 5) is 0. The molecule has 19 heavy (non-hydrogen) atoms. The maximum atomic E-state index is 8.63. The van der Waals surface area contributed by atoms with Crippen molar-refractivity contribution in [3.8, 4) is 0 Å². The molecule has 100 valence electrons. The highest BCUT2D eigenvalue weighted by molar-refractivity contribution is 7.98. The van der Waals surface area contributed by atoms with Crippen LogP contribution in [-0.2, 0) is 5.75 Å². The van der Waals surface area contributed by atoms with Gasteiger partial charge in [0, 0.05) is 18.2 Å². The second-order valence-corrected chi connectivity index (χ2v) is 4.93. The Labute approximate surface area is 114 Å². The molecule has 0 unspecified atom stereocenters. The third-order valence-electron chi connectivity index (χ3n) is 2.60. The Morgan fingerprint density at radius 2 is 2.21 bits per heavy atom. The number of hydrogen-bond acceptors (Lipinski definition) is 6. The molecule has 0 amide bonds. The van der Waals surface area contributed by atoms with E-state index in [0.29, 0.717) is 16.7 Å². The van der Waals surface area contributed by atoms with Crippen LogP contribution in [0.3, 0.4) is 0 Å². The second-order valence-electron chi connectivity index (χ2n) is 4.00. The Balaban J connectivity index is 2.09. The number of oxime groups is 1. The van der Waals surface area contributed by atoms with Crippen molar-refractivity contribution in [3.63, 3.8) is 0 Å². The predicted molar refractivity (Wildman–Crippen MR) is 72.3 cm³/mol. The van der Waals surface area contributed by atoms with Gasteiger partial charge in [-0.25, -0.2) is 0 Å². The third kappa shape index (κ3) is 3.25. The van der Waals surface area contributed by atoms with Gasteiger partial charge < -0.3 is 15.4 Å². The molecule has 0 atom stereocenters. The summed E-state index contributed by atoms with van der Waals surface area (Å²) in [7, 11) is 0. The first-order valence-electron chi connectivity index (χ1n) is 5.60. The van der Waals surface area contributed by atoms with Crippen LogP contribution in [0.2, 0.25) is 0 Å². The van der Waals surface area contributed by atoms with Gasteiger partial charge in [0.2, 0.25) is 5.89 Å². The third-order valence-corrected chi connectivity index (χ3v) is 3.47. The van der Waals surface area contributed by atoms with E-state index in [4.69, 9.17) is 15.4 Å². The van der Waals surface area contributed by atoms with Crippen LogP contribution in [0.4, 0.5) is 0 Å². The highest BCUT2D eigenvalue weighted by Gasteiger charge is 2.07. The van der Waals surface area contributed by atoms with E-state index in [9.17, 15) is 0 Å². The van der Waals surface area contributed by atoms with Crippen molar-refractivity contribution >= 4 is 17.6 Å². The minimum atomic E-state index is 0.106. The number of hydrogen-bond donors (Lipinski definition) is 2. The lowest BCUT2D eigenvalue weighted by Gasteiger charge is -2.06. The summed E-state index contributed by atoms with van der Waals surface area (Å²) < 4.78 is 5.29. The molecule has 0 aliphatic carbocycles. The minimum Gasteiger partial charge on any atom is -0.416 e. The summed E-state index contributed by atoms with van der Waals surface area (Å²) in [6.45, 7) is 3.73. The first-order valence-corrected chi connectivity index (χ1v) is 6.59. The Morgan fingerprint density at radius 3 is 2.79 bits per heavy atom. The number of aromatic nitrogens is 2. The van der Waals surface area contributed by atoms with Crippen LogP contribution >= 0.6 is 11.8 Å². The molecule has 0 bridgehead atoms. The number of nitrogens with two attached hydrogens (primary N) is 1. The van der Waals surface area contributed by atoms with E-state index >= 15 is 0 Å². The van der Waals surface area contributed by atoms with Gasteiger partial charge in [-0.15, -0.1) is 10.2 Å². The summed E-state index contributed by atoms with van der Waals surface area (Å²) in [5, 5.41) is 19.9. The monoisotopic (exact) mass is 278 g/mol. The lowest BCUT2D eigenvalue weighted by molar-refractivity contribution is 0.318.